The van der Waals surface area contributed by atoms with Gasteiger partial charge in [0.05, 0.1) is 24.9 Å². The van der Waals surface area contributed by atoms with Gasteiger partial charge in [-0.25, -0.2) is 13.6 Å². The predicted molar refractivity (Wildman–Crippen MR) is 145 cm³/mol. The van der Waals surface area contributed by atoms with E-state index in [9.17, 15) is 18.4 Å². The zero-order valence-corrected chi connectivity index (χ0v) is 22.2. The molecule has 0 aliphatic rings. The smallest absolute Gasteiger partial charge is 0.331 e. The molecule has 0 spiro atoms. The lowest BCUT2D eigenvalue weighted by molar-refractivity contribution is 0.415. The number of hydrogen-bond donors (Lipinski definition) is 1. The zero-order chi connectivity index (χ0) is 27.8. The Hall–Kier alpha value is -4.11. The molecule has 1 N–H and O–H groups in total. The number of methoxy groups -OCH3 is 1. The molecule has 9 heteroatoms. The summed E-state index contributed by atoms with van der Waals surface area (Å²) in [6, 6.07) is 16.7. The molecule has 38 heavy (non-hydrogen) atoms. The first kappa shape index (κ1) is 28.5. The van der Waals surface area contributed by atoms with Gasteiger partial charge in [-0.3, -0.25) is 18.9 Å². The monoisotopic (exact) mass is 522 g/mol. The van der Waals surface area contributed by atoms with Crippen LogP contribution in [0.25, 0.3) is 11.1 Å². The fourth-order valence-corrected chi connectivity index (χ4v) is 4.00. The van der Waals surface area contributed by atoms with Gasteiger partial charge < -0.3 is 10.1 Å². The van der Waals surface area contributed by atoms with E-state index in [2.05, 4.69) is 17.2 Å². The van der Waals surface area contributed by atoms with Crippen LogP contribution in [0.4, 0.5) is 8.78 Å². The van der Waals surface area contributed by atoms with E-state index in [1.54, 1.807) is 38.1 Å². The summed E-state index contributed by atoms with van der Waals surface area (Å²) < 4.78 is 35.8. The minimum atomic E-state index is -0.747. The average molecular weight is 523 g/mol. The summed E-state index contributed by atoms with van der Waals surface area (Å²) in [6.45, 7) is 5.16. The van der Waals surface area contributed by atoms with E-state index in [4.69, 9.17) is 4.74 Å². The Bertz CT molecular complexity index is 1480. The van der Waals surface area contributed by atoms with Crippen LogP contribution in [-0.2, 0) is 13.1 Å². The van der Waals surface area contributed by atoms with Gasteiger partial charge in [-0.05, 0) is 69.8 Å². The van der Waals surface area contributed by atoms with Crippen LogP contribution in [-0.4, -0.2) is 28.3 Å². The van der Waals surface area contributed by atoms with E-state index >= 15 is 0 Å². The fourth-order valence-electron chi connectivity index (χ4n) is 4.00. The summed E-state index contributed by atoms with van der Waals surface area (Å²) in [5.41, 5.74) is 0.970. The van der Waals surface area contributed by atoms with Crippen LogP contribution in [0.2, 0.25) is 0 Å². The van der Waals surface area contributed by atoms with E-state index in [0.717, 1.165) is 22.4 Å². The standard InChI is InChI=1S/C21H20F2N2O3.C8H12N2/c1-4-24-20(26)19(14-7-5-8-15(11-14)28-3)13(2)25(21(24)27)12-16-17(22)9-6-10-18(16)23;1-7(9-2)8-5-3-4-6-10-8/h5-11H,4,12H2,1-3H3;3-7,9H,1-2H3. The second-order valence-corrected chi connectivity index (χ2v) is 8.58. The normalized spacial score (nSPS) is 11.4. The van der Waals surface area contributed by atoms with Crippen molar-refractivity contribution in [3.05, 3.63) is 116 Å². The maximum Gasteiger partial charge on any atom is 0.331 e. The zero-order valence-electron chi connectivity index (χ0n) is 22.2. The van der Waals surface area contributed by atoms with Crippen molar-refractivity contribution in [1.29, 1.82) is 0 Å². The van der Waals surface area contributed by atoms with Gasteiger partial charge in [0, 0.05) is 30.0 Å². The third kappa shape index (κ3) is 6.23. The first-order valence-corrected chi connectivity index (χ1v) is 12.2. The second-order valence-electron chi connectivity index (χ2n) is 8.58. The molecule has 1 unspecified atom stereocenters. The maximum atomic E-state index is 14.1. The van der Waals surface area contributed by atoms with Gasteiger partial charge in [0.1, 0.15) is 17.4 Å². The Morgan fingerprint density at radius 3 is 2.26 bits per heavy atom. The number of nitrogens with one attached hydrogen (secondary N) is 1. The number of aromatic nitrogens is 3. The quantitative estimate of drug-likeness (QED) is 0.381. The van der Waals surface area contributed by atoms with Gasteiger partial charge in [0.2, 0.25) is 0 Å². The van der Waals surface area contributed by atoms with Gasteiger partial charge in [-0.2, -0.15) is 0 Å². The van der Waals surface area contributed by atoms with Gasteiger partial charge in [0.15, 0.2) is 0 Å². The van der Waals surface area contributed by atoms with Crippen LogP contribution in [0.5, 0.6) is 5.75 Å². The predicted octanol–water partition coefficient (Wildman–Crippen LogP) is 4.70. The van der Waals surface area contributed by atoms with E-state index in [0.29, 0.717) is 23.0 Å². The van der Waals surface area contributed by atoms with Crippen LogP contribution in [0, 0.1) is 18.6 Å². The molecule has 0 fully saturated rings. The molecule has 0 saturated heterocycles. The molecule has 2 heterocycles. The van der Waals surface area contributed by atoms with Gasteiger partial charge in [-0.1, -0.05) is 24.3 Å². The largest absolute Gasteiger partial charge is 0.497 e. The highest BCUT2D eigenvalue weighted by Crippen LogP contribution is 2.24. The van der Waals surface area contributed by atoms with Crippen LogP contribution in [0.3, 0.4) is 0 Å². The van der Waals surface area contributed by atoms with Gasteiger partial charge >= 0.3 is 5.69 Å². The molecule has 0 aliphatic carbocycles. The molecular weight excluding hydrogens is 490 g/mol. The second kappa shape index (κ2) is 12.9. The van der Waals surface area contributed by atoms with Crippen molar-refractivity contribution in [2.45, 2.75) is 39.9 Å². The Morgan fingerprint density at radius 1 is 1.00 bits per heavy atom. The lowest BCUT2D eigenvalue weighted by Gasteiger charge is -2.17. The Morgan fingerprint density at radius 2 is 1.68 bits per heavy atom. The minimum absolute atomic E-state index is 0.134. The number of halogens is 2. The summed E-state index contributed by atoms with van der Waals surface area (Å²) in [4.78, 5) is 30.0. The third-order valence-corrected chi connectivity index (χ3v) is 6.30. The van der Waals surface area contributed by atoms with Crippen molar-refractivity contribution < 1.29 is 13.5 Å². The number of hydrogen-bond acceptors (Lipinski definition) is 5. The first-order valence-electron chi connectivity index (χ1n) is 12.2. The van der Waals surface area contributed by atoms with Crippen molar-refractivity contribution >= 4 is 0 Å². The lowest BCUT2D eigenvalue weighted by Crippen LogP contribution is -2.42. The molecule has 0 bridgehead atoms. The molecule has 200 valence electrons. The summed E-state index contributed by atoms with van der Waals surface area (Å²) in [5, 5.41) is 3.12. The molecule has 1 atom stereocenters. The number of nitrogens with zero attached hydrogens (tertiary/aromatic N) is 3. The molecular formula is C29H32F2N4O3. The van der Waals surface area contributed by atoms with Crippen molar-refractivity contribution in [2.75, 3.05) is 14.2 Å². The first-order chi connectivity index (χ1) is 18.2. The van der Waals surface area contributed by atoms with Gasteiger partial charge in [-0.15, -0.1) is 0 Å². The molecule has 4 rings (SSSR count). The minimum Gasteiger partial charge on any atom is -0.497 e. The SMILES string of the molecule is CCn1c(=O)c(-c2cccc(OC)c2)c(C)n(Cc2c(F)cccc2F)c1=O.CNC(C)c1ccccn1. The van der Waals surface area contributed by atoms with Crippen molar-refractivity contribution in [3.63, 3.8) is 0 Å². The summed E-state index contributed by atoms with van der Waals surface area (Å²) in [6.07, 6.45) is 1.81. The molecule has 0 aliphatic heterocycles. The molecule has 0 amide bonds. The Balaban J connectivity index is 0.000000336. The van der Waals surface area contributed by atoms with E-state index in [1.807, 2.05) is 31.4 Å². The van der Waals surface area contributed by atoms with E-state index < -0.39 is 22.9 Å². The van der Waals surface area contributed by atoms with Crippen LogP contribution < -0.4 is 21.3 Å². The van der Waals surface area contributed by atoms with Crippen molar-refractivity contribution in [2.24, 2.45) is 0 Å². The van der Waals surface area contributed by atoms with Crippen LogP contribution >= 0.6 is 0 Å². The third-order valence-electron chi connectivity index (χ3n) is 6.30. The summed E-state index contributed by atoms with van der Waals surface area (Å²) in [7, 11) is 3.44. The Kier molecular flexibility index (Phi) is 9.67. The number of pyridine rings is 1. The van der Waals surface area contributed by atoms with E-state index in [1.165, 1.54) is 17.7 Å². The Labute approximate surface area is 220 Å². The molecule has 0 radical (unpaired) electrons. The fraction of sp³-hybridized carbons (Fsp3) is 0.276. The highest BCUT2D eigenvalue weighted by atomic mass is 19.1. The maximum absolute atomic E-state index is 14.1. The van der Waals surface area contributed by atoms with Crippen LogP contribution in [0.15, 0.2) is 76.4 Å². The molecule has 7 nitrogen and oxygen atoms in total. The highest BCUT2D eigenvalue weighted by molar-refractivity contribution is 5.66. The molecule has 0 saturated carbocycles. The van der Waals surface area contributed by atoms with E-state index in [-0.39, 0.29) is 24.2 Å². The topological polar surface area (TPSA) is 78.1 Å². The number of benzene rings is 2. The van der Waals surface area contributed by atoms with Crippen LogP contribution in [0.1, 0.15) is 36.8 Å². The number of ether oxygens (including phenoxy) is 1. The van der Waals surface area contributed by atoms with Crippen molar-refractivity contribution in [1.82, 2.24) is 19.4 Å². The highest BCUT2D eigenvalue weighted by Gasteiger charge is 2.20. The lowest BCUT2D eigenvalue weighted by atomic mass is 10.0. The van der Waals surface area contributed by atoms with Crippen molar-refractivity contribution in [3.8, 4) is 16.9 Å². The molecule has 2 aromatic heterocycles. The average Bonchev–Trinajstić information content (AvgIpc) is 2.93. The summed E-state index contributed by atoms with van der Waals surface area (Å²) >= 11 is 0. The molecule has 4 aromatic rings. The molecule has 2 aromatic carbocycles. The number of rotatable bonds is 7. The van der Waals surface area contributed by atoms with Gasteiger partial charge in [0.25, 0.3) is 5.56 Å². The summed E-state index contributed by atoms with van der Waals surface area (Å²) in [5.74, 6) is -0.941.